The minimum atomic E-state index is -0.739. The minimum Gasteiger partial charge on any atom is -0.460 e. The van der Waals surface area contributed by atoms with Crippen LogP contribution in [0.3, 0.4) is 0 Å². The average molecular weight is 411 g/mol. The highest BCUT2D eigenvalue weighted by Crippen LogP contribution is 2.26. The summed E-state index contributed by atoms with van der Waals surface area (Å²) in [5.74, 6) is -0.475. The van der Waals surface area contributed by atoms with Crippen LogP contribution in [0.5, 0.6) is 0 Å². The van der Waals surface area contributed by atoms with Crippen LogP contribution >= 0.6 is 0 Å². The SMILES string of the molecule is C=CCOC(=O)[C@@H]1C[C@@H](OCc2cccc3ccccc23)CN1C(=O)OC(C)(C)C. The van der Waals surface area contributed by atoms with Crippen LogP contribution in [0, 0.1) is 0 Å². The second kappa shape index (κ2) is 9.30. The number of nitrogens with zero attached hydrogens (tertiary/aromatic N) is 1. The van der Waals surface area contributed by atoms with Gasteiger partial charge >= 0.3 is 12.1 Å². The van der Waals surface area contributed by atoms with Gasteiger partial charge < -0.3 is 14.2 Å². The Balaban J connectivity index is 1.71. The number of carbonyl (C=O) groups is 2. The van der Waals surface area contributed by atoms with Crippen LogP contribution in [-0.2, 0) is 25.6 Å². The first-order valence-corrected chi connectivity index (χ1v) is 10.1. The van der Waals surface area contributed by atoms with Crippen LogP contribution in [0.25, 0.3) is 10.8 Å². The summed E-state index contributed by atoms with van der Waals surface area (Å²) in [6.07, 6.45) is 1.02. The predicted octanol–water partition coefficient (Wildman–Crippen LogP) is 4.46. The highest BCUT2D eigenvalue weighted by atomic mass is 16.6. The lowest BCUT2D eigenvalue weighted by Crippen LogP contribution is -2.44. The Bertz CT molecular complexity index is 912. The Labute approximate surface area is 177 Å². The van der Waals surface area contributed by atoms with Crippen molar-refractivity contribution in [1.82, 2.24) is 4.90 Å². The quantitative estimate of drug-likeness (QED) is 0.519. The van der Waals surface area contributed by atoms with Gasteiger partial charge in [-0.05, 0) is 37.1 Å². The molecule has 2 aromatic rings. The lowest BCUT2D eigenvalue weighted by molar-refractivity contribution is -0.147. The maximum Gasteiger partial charge on any atom is 0.411 e. The molecule has 6 nitrogen and oxygen atoms in total. The van der Waals surface area contributed by atoms with Crippen LogP contribution < -0.4 is 0 Å². The predicted molar refractivity (Wildman–Crippen MR) is 115 cm³/mol. The molecular weight excluding hydrogens is 382 g/mol. The third kappa shape index (κ3) is 5.39. The van der Waals surface area contributed by atoms with Crippen LogP contribution in [0.4, 0.5) is 4.79 Å². The minimum absolute atomic E-state index is 0.0963. The molecule has 2 atom stereocenters. The van der Waals surface area contributed by atoms with Crippen LogP contribution in [-0.4, -0.2) is 47.9 Å². The van der Waals surface area contributed by atoms with Crippen LogP contribution in [0.1, 0.15) is 32.8 Å². The molecule has 0 aliphatic carbocycles. The number of esters is 1. The van der Waals surface area contributed by atoms with Crippen molar-refractivity contribution in [1.29, 1.82) is 0 Å². The molecule has 0 aromatic heterocycles. The summed E-state index contributed by atoms with van der Waals surface area (Å²) in [5.41, 5.74) is 0.406. The van der Waals surface area contributed by atoms with Gasteiger partial charge in [0.25, 0.3) is 0 Å². The van der Waals surface area contributed by atoms with Gasteiger partial charge in [-0.1, -0.05) is 55.1 Å². The molecule has 1 aliphatic rings. The molecule has 1 amide bonds. The normalized spacial score (nSPS) is 19.0. The van der Waals surface area contributed by atoms with Crippen molar-refractivity contribution >= 4 is 22.8 Å². The zero-order valence-corrected chi connectivity index (χ0v) is 17.8. The summed E-state index contributed by atoms with van der Waals surface area (Å²) in [5, 5.41) is 2.27. The third-order valence-corrected chi connectivity index (χ3v) is 4.86. The molecule has 1 heterocycles. The topological polar surface area (TPSA) is 65.1 Å². The van der Waals surface area contributed by atoms with Gasteiger partial charge in [0, 0.05) is 6.42 Å². The van der Waals surface area contributed by atoms with Crippen molar-refractivity contribution in [3.8, 4) is 0 Å². The highest BCUT2D eigenvalue weighted by molar-refractivity contribution is 5.85. The number of fused-ring (bicyclic) bond motifs is 1. The fraction of sp³-hybridized carbons (Fsp3) is 0.417. The number of likely N-dealkylation sites (tertiary alicyclic amines) is 1. The van der Waals surface area contributed by atoms with Crippen molar-refractivity contribution in [2.75, 3.05) is 13.2 Å². The Hall–Kier alpha value is -2.86. The third-order valence-electron chi connectivity index (χ3n) is 4.86. The fourth-order valence-electron chi connectivity index (χ4n) is 3.53. The molecule has 1 saturated heterocycles. The van der Waals surface area contributed by atoms with Crippen molar-refractivity contribution in [3.05, 3.63) is 60.7 Å². The maximum absolute atomic E-state index is 12.7. The van der Waals surface area contributed by atoms with Gasteiger partial charge in [0.15, 0.2) is 0 Å². The second-order valence-electron chi connectivity index (χ2n) is 8.37. The molecule has 0 bridgehead atoms. The van der Waals surface area contributed by atoms with E-state index in [1.165, 1.54) is 11.0 Å². The number of carbonyl (C=O) groups excluding carboxylic acids is 2. The average Bonchev–Trinajstić information content (AvgIpc) is 3.14. The molecule has 3 rings (SSSR count). The number of amides is 1. The molecule has 1 fully saturated rings. The summed E-state index contributed by atoms with van der Waals surface area (Å²) in [7, 11) is 0. The Morgan fingerprint density at radius 3 is 2.63 bits per heavy atom. The van der Waals surface area contributed by atoms with Crippen LogP contribution in [0.15, 0.2) is 55.1 Å². The zero-order chi connectivity index (χ0) is 21.7. The molecule has 2 aromatic carbocycles. The first-order valence-electron chi connectivity index (χ1n) is 10.1. The molecular formula is C24H29NO5. The summed E-state index contributed by atoms with van der Waals surface area (Å²) in [6, 6.07) is 13.5. The van der Waals surface area contributed by atoms with E-state index in [-0.39, 0.29) is 19.3 Å². The largest absolute Gasteiger partial charge is 0.460 e. The Kier molecular flexibility index (Phi) is 6.77. The van der Waals surface area contributed by atoms with E-state index >= 15 is 0 Å². The fourth-order valence-corrected chi connectivity index (χ4v) is 3.53. The van der Waals surface area contributed by atoms with E-state index in [9.17, 15) is 9.59 Å². The molecule has 0 radical (unpaired) electrons. The maximum atomic E-state index is 12.7. The first-order chi connectivity index (χ1) is 14.3. The number of ether oxygens (including phenoxy) is 3. The van der Waals surface area contributed by atoms with Gasteiger partial charge in [0.05, 0.1) is 19.3 Å². The molecule has 160 valence electrons. The Morgan fingerprint density at radius 2 is 1.90 bits per heavy atom. The van der Waals surface area contributed by atoms with Gasteiger partial charge in [-0.2, -0.15) is 0 Å². The lowest BCUT2D eigenvalue weighted by Gasteiger charge is -2.27. The number of hydrogen-bond donors (Lipinski definition) is 0. The molecule has 0 unspecified atom stereocenters. The molecule has 0 N–H and O–H groups in total. The van der Waals surface area contributed by atoms with E-state index in [2.05, 4.69) is 24.8 Å². The summed E-state index contributed by atoms with van der Waals surface area (Å²) in [4.78, 5) is 26.6. The van der Waals surface area contributed by atoms with E-state index in [0.29, 0.717) is 13.0 Å². The molecule has 0 spiro atoms. The smallest absolute Gasteiger partial charge is 0.411 e. The summed E-state index contributed by atoms with van der Waals surface area (Å²) in [6.45, 7) is 9.69. The van der Waals surface area contributed by atoms with Gasteiger partial charge in [-0.25, -0.2) is 9.59 Å². The van der Waals surface area contributed by atoms with Crippen molar-refractivity contribution in [3.63, 3.8) is 0 Å². The van der Waals surface area contributed by atoms with E-state index in [0.717, 1.165) is 16.3 Å². The van der Waals surface area contributed by atoms with E-state index in [1.54, 1.807) is 20.8 Å². The Morgan fingerprint density at radius 1 is 1.17 bits per heavy atom. The van der Waals surface area contributed by atoms with Gasteiger partial charge in [0.1, 0.15) is 18.2 Å². The summed E-state index contributed by atoms with van der Waals surface area (Å²) >= 11 is 0. The van der Waals surface area contributed by atoms with E-state index < -0.39 is 23.7 Å². The molecule has 1 aliphatic heterocycles. The molecule has 30 heavy (non-hydrogen) atoms. The van der Waals surface area contributed by atoms with Gasteiger partial charge in [0.2, 0.25) is 0 Å². The summed E-state index contributed by atoms with van der Waals surface area (Å²) < 4.78 is 16.8. The number of rotatable bonds is 6. The lowest BCUT2D eigenvalue weighted by atomic mass is 10.1. The second-order valence-corrected chi connectivity index (χ2v) is 8.37. The molecule has 0 saturated carbocycles. The van der Waals surface area contributed by atoms with Crippen LogP contribution in [0.2, 0.25) is 0 Å². The number of hydrogen-bond acceptors (Lipinski definition) is 5. The monoisotopic (exact) mass is 411 g/mol. The van der Waals surface area contributed by atoms with Gasteiger partial charge in [-0.3, -0.25) is 4.90 Å². The molecule has 6 heteroatoms. The van der Waals surface area contributed by atoms with Crippen molar-refractivity contribution < 1.29 is 23.8 Å². The van der Waals surface area contributed by atoms with Gasteiger partial charge in [-0.15, -0.1) is 0 Å². The number of benzene rings is 2. The van der Waals surface area contributed by atoms with E-state index in [4.69, 9.17) is 14.2 Å². The highest BCUT2D eigenvalue weighted by Gasteiger charge is 2.42. The van der Waals surface area contributed by atoms with Crippen molar-refractivity contribution in [2.45, 2.75) is 51.5 Å². The zero-order valence-electron chi connectivity index (χ0n) is 17.8. The standard InChI is InChI=1S/C24H29NO5/c1-5-13-28-22(26)21-14-19(15-25(21)23(27)30-24(2,3)4)29-16-18-11-8-10-17-9-6-7-12-20(17)18/h5-12,19,21H,1,13-16H2,2-4H3/t19-,21+/m1/s1. The van der Waals surface area contributed by atoms with Crippen molar-refractivity contribution in [2.24, 2.45) is 0 Å². The first kappa shape index (κ1) is 21.8. The van der Waals surface area contributed by atoms with E-state index in [1.807, 2.05) is 24.3 Å².